The first-order valence-corrected chi connectivity index (χ1v) is 7.58. The van der Waals surface area contributed by atoms with Gasteiger partial charge in [0.05, 0.1) is 18.2 Å². The number of carboxylic acids is 1. The minimum absolute atomic E-state index is 0.0373. The highest BCUT2D eigenvalue weighted by atomic mass is 16.5. The van der Waals surface area contributed by atoms with E-state index in [2.05, 4.69) is 20.5 Å². The standard InChI is InChI=1S/C13H22BN7O5/c1-5(22)19-9-6(20-12(15)16)4-8(11(24)25)26-10(9)7(23)2-3-18-13(17)21-14/h4,6-7,9-10,23H,2-3H2,1H3,(H,19,22)(H,24,25)(H4,15,16,20)(H3,17,18,21)/t6-,7+,9+,10-/m0/s1. The Bertz CT molecular complexity index is 620. The first-order valence-electron chi connectivity index (χ1n) is 7.58. The number of nitrogens with one attached hydrogen (secondary N) is 2. The van der Waals surface area contributed by atoms with Crippen molar-refractivity contribution in [3.05, 3.63) is 11.8 Å². The number of aliphatic imine (C=N–C) groups is 1. The molecule has 0 unspecified atom stereocenters. The molecule has 0 saturated heterocycles. The van der Waals surface area contributed by atoms with Crippen LogP contribution in [0.2, 0.25) is 0 Å². The molecule has 12 nitrogen and oxygen atoms in total. The van der Waals surface area contributed by atoms with Crippen LogP contribution in [0.1, 0.15) is 13.3 Å². The summed E-state index contributed by atoms with van der Waals surface area (Å²) in [5.74, 6) is -2.59. The molecule has 2 radical (unpaired) electrons. The molecule has 0 spiro atoms. The number of carbonyl (C=O) groups is 2. The van der Waals surface area contributed by atoms with E-state index in [0.717, 1.165) is 6.08 Å². The molecule has 1 rings (SSSR count). The lowest BCUT2D eigenvalue weighted by molar-refractivity contribution is -0.141. The van der Waals surface area contributed by atoms with Gasteiger partial charge in [0.2, 0.25) is 11.7 Å². The number of carbonyl (C=O) groups excluding carboxylic acids is 1. The molecule has 1 aliphatic rings. The Morgan fingerprint density at radius 3 is 2.58 bits per heavy atom. The lowest BCUT2D eigenvalue weighted by Crippen LogP contribution is -2.57. The number of aliphatic hydroxyl groups excluding tert-OH is 1. The molecule has 0 aliphatic carbocycles. The van der Waals surface area contributed by atoms with Crippen LogP contribution in [0.25, 0.3) is 0 Å². The monoisotopic (exact) mass is 367 g/mol. The highest BCUT2D eigenvalue weighted by molar-refractivity contribution is 6.11. The number of nitrogens with two attached hydrogens (primary N) is 3. The SMILES string of the molecule is [B]N=C(N)NCC[C@@H](O)[C@@H]1OC(C(=O)O)=C[C@H](N=C(N)N)[C@H]1NC(C)=O. The number of carboxylic acid groups (broad SMARTS) is 1. The number of ether oxygens (including phenoxy) is 1. The first-order chi connectivity index (χ1) is 12.1. The molecule has 0 saturated carbocycles. The number of guanidine groups is 2. The Hall–Kier alpha value is -2.96. The van der Waals surface area contributed by atoms with Crippen LogP contribution in [0.5, 0.6) is 0 Å². The van der Waals surface area contributed by atoms with E-state index < -0.39 is 41.9 Å². The Labute approximate surface area is 151 Å². The smallest absolute Gasteiger partial charge is 0.370 e. The normalized spacial score (nSPS) is 23.8. The predicted molar refractivity (Wildman–Crippen MR) is 93.8 cm³/mol. The Morgan fingerprint density at radius 1 is 1.42 bits per heavy atom. The van der Waals surface area contributed by atoms with Crippen molar-refractivity contribution in [1.82, 2.24) is 10.6 Å². The molecule has 26 heavy (non-hydrogen) atoms. The van der Waals surface area contributed by atoms with Crippen LogP contribution in [-0.4, -0.2) is 72.8 Å². The second-order valence-corrected chi connectivity index (χ2v) is 5.49. The van der Waals surface area contributed by atoms with Crippen LogP contribution in [0, 0.1) is 0 Å². The van der Waals surface area contributed by atoms with Gasteiger partial charge in [-0.25, -0.2) is 9.79 Å². The zero-order valence-electron chi connectivity index (χ0n) is 14.1. The minimum Gasteiger partial charge on any atom is -0.478 e. The summed E-state index contributed by atoms with van der Waals surface area (Å²) in [4.78, 5) is 29.9. The maximum atomic E-state index is 11.5. The van der Waals surface area contributed by atoms with Crippen molar-refractivity contribution in [2.24, 2.45) is 27.1 Å². The molecule has 142 valence electrons. The molecular weight excluding hydrogens is 345 g/mol. The lowest BCUT2D eigenvalue weighted by atomic mass is 9.93. The summed E-state index contributed by atoms with van der Waals surface area (Å²) in [6.45, 7) is 1.42. The van der Waals surface area contributed by atoms with E-state index >= 15 is 0 Å². The van der Waals surface area contributed by atoms with Gasteiger partial charge in [-0.2, -0.15) is 0 Å². The second-order valence-electron chi connectivity index (χ2n) is 5.49. The quantitative estimate of drug-likeness (QED) is 0.134. The van der Waals surface area contributed by atoms with Gasteiger partial charge in [0.15, 0.2) is 11.9 Å². The van der Waals surface area contributed by atoms with E-state index in [1.807, 2.05) is 0 Å². The van der Waals surface area contributed by atoms with Crippen LogP contribution in [-0.2, 0) is 14.3 Å². The zero-order chi connectivity index (χ0) is 19.9. The van der Waals surface area contributed by atoms with Gasteiger partial charge in [0.25, 0.3) is 7.98 Å². The minimum atomic E-state index is -1.36. The summed E-state index contributed by atoms with van der Waals surface area (Å²) in [6, 6.07) is -1.83. The molecule has 1 aliphatic heterocycles. The maximum Gasteiger partial charge on any atom is 0.370 e. The molecule has 0 aromatic rings. The van der Waals surface area contributed by atoms with E-state index in [1.165, 1.54) is 6.92 Å². The van der Waals surface area contributed by atoms with Gasteiger partial charge in [0.1, 0.15) is 6.10 Å². The summed E-state index contributed by atoms with van der Waals surface area (Å²) >= 11 is 0. The van der Waals surface area contributed by atoms with Crippen molar-refractivity contribution in [1.29, 1.82) is 0 Å². The van der Waals surface area contributed by atoms with Crippen LogP contribution >= 0.6 is 0 Å². The van der Waals surface area contributed by atoms with E-state index in [-0.39, 0.29) is 24.9 Å². The summed E-state index contributed by atoms with van der Waals surface area (Å²) in [6.07, 6.45) is -1.08. The Kier molecular flexibility index (Phi) is 7.71. The largest absolute Gasteiger partial charge is 0.478 e. The van der Waals surface area contributed by atoms with Crippen LogP contribution in [0.15, 0.2) is 21.7 Å². The lowest BCUT2D eigenvalue weighted by Gasteiger charge is -2.37. The van der Waals surface area contributed by atoms with Gasteiger partial charge >= 0.3 is 5.97 Å². The molecule has 0 fully saturated rings. The van der Waals surface area contributed by atoms with Gasteiger partial charge < -0.3 is 47.7 Å². The fraction of sp³-hybridized carbons (Fsp3) is 0.538. The van der Waals surface area contributed by atoms with Crippen molar-refractivity contribution in [2.75, 3.05) is 6.54 Å². The molecule has 1 heterocycles. The molecule has 0 aromatic heterocycles. The molecule has 0 aromatic carbocycles. The van der Waals surface area contributed by atoms with Crippen molar-refractivity contribution < 1.29 is 24.5 Å². The average molecular weight is 367 g/mol. The van der Waals surface area contributed by atoms with Gasteiger partial charge in [-0.15, -0.1) is 0 Å². The molecule has 13 heteroatoms. The number of aliphatic carboxylic acids is 1. The van der Waals surface area contributed by atoms with E-state index in [4.69, 9.17) is 29.9 Å². The van der Waals surface area contributed by atoms with Gasteiger partial charge in [-0.1, -0.05) is 0 Å². The van der Waals surface area contributed by atoms with E-state index in [1.54, 1.807) is 0 Å². The third-order valence-electron chi connectivity index (χ3n) is 3.45. The maximum absolute atomic E-state index is 11.5. The zero-order valence-corrected chi connectivity index (χ0v) is 14.1. The number of hydrogen-bond donors (Lipinski definition) is 7. The van der Waals surface area contributed by atoms with Crippen LogP contribution in [0.4, 0.5) is 0 Å². The Balaban J connectivity index is 3.06. The number of rotatable bonds is 7. The fourth-order valence-electron chi connectivity index (χ4n) is 2.40. The highest BCUT2D eigenvalue weighted by Crippen LogP contribution is 2.24. The summed E-state index contributed by atoms with van der Waals surface area (Å²) in [5.41, 5.74) is 16.1. The van der Waals surface area contributed by atoms with Gasteiger partial charge in [0, 0.05) is 13.5 Å². The molecule has 0 bridgehead atoms. The van der Waals surface area contributed by atoms with Crippen molar-refractivity contribution in [3.8, 4) is 0 Å². The van der Waals surface area contributed by atoms with Gasteiger partial charge in [-0.3, -0.25) is 4.79 Å². The molecule has 4 atom stereocenters. The average Bonchev–Trinajstić information content (AvgIpc) is 2.54. The Morgan fingerprint density at radius 2 is 2.08 bits per heavy atom. The molecule has 1 amide bonds. The number of hydrogen-bond acceptors (Lipinski definition) is 6. The second kappa shape index (κ2) is 9.51. The highest BCUT2D eigenvalue weighted by Gasteiger charge is 2.41. The number of nitrogens with zero attached hydrogens (tertiary/aromatic N) is 2. The summed E-state index contributed by atoms with van der Waals surface area (Å²) in [5, 5.41) is 24.8. The number of amides is 1. The molecular formula is C13H22BN7O5. The van der Waals surface area contributed by atoms with E-state index in [0.29, 0.717) is 0 Å². The third kappa shape index (κ3) is 6.16. The van der Waals surface area contributed by atoms with Crippen molar-refractivity contribution >= 4 is 31.8 Å². The number of aliphatic hydroxyl groups is 1. The molecule has 10 N–H and O–H groups in total. The third-order valence-corrected chi connectivity index (χ3v) is 3.45. The van der Waals surface area contributed by atoms with E-state index in [9.17, 15) is 19.8 Å². The predicted octanol–water partition coefficient (Wildman–Crippen LogP) is -3.76. The van der Waals surface area contributed by atoms with Gasteiger partial charge in [-0.05, 0) is 12.5 Å². The summed E-state index contributed by atoms with van der Waals surface area (Å²) in [7, 11) is 4.98. The van der Waals surface area contributed by atoms with Crippen molar-refractivity contribution in [2.45, 2.75) is 37.6 Å². The van der Waals surface area contributed by atoms with Crippen LogP contribution < -0.4 is 27.8 Å². The summed E-state index contributed by atoms with van der Waals surface area (Å²) < 4.78 is 5.35. The van der Waals surface area contributed by atoms with Crippen LogP contribution in [0.3, 0.4) is 0 Å². The first kappa shape index (κ1) is 21.1. The fourth-order valence-corrected chi connectivity index (χ4v) is 2.40. The topological polar surface area (TPSA) is 211 Å². The van der Waals surface area contributed by atoms with Crippen molar-refractivity contribution in [3.63, 3.8) is 0 Å².